The number of rotatable bonds is 10. The minimum absolute atomic E-state index is 0.256. The van der Waals surface area contributed by atoms with Gasteiger partial charge in [0.1, 0.15) is 16.5 Å². The van der Waals surface area contributed by atoms with Gasteiger partial charge in [0, 0.05) is 13.1 Å². The van der Waals surface area contributed by atoms with Crippen molar-refractivity contribution in [1.82, 2.24) is 15.0 Å². The third-order valence-electron chi connectivity index (χ3n) is 4.59. The van der Waals surface area contributed by atoms with Crippen molar-refractivity contribution < 1.29 is 13.2 Å². The second-order valence-corrected chi connectivity index (χ2v) is 9.11. The SMILES string of the molecule is CCN(CC)c1ccc(Nc2ncc(Cl)c(Nc3ccccc3NS(C)(=O)=O)n2)c(OC)n1. The average molecular weight is 492 g/mol. The molecule has 3 N–H and O–H groups in total. The van der Waals surface area contributed by atoms with Gasteiger partial charge in [0.2, 0.25) is 21.9 Å². The van der Waals surface area contributed by atoms with Crippen molar-refractivity contribution in [3.05, 3.63) is 47.6 Å². The summed E-state index contributed by atoms with van der Waals surface area (Å²) >= 11 is 6.28. The molecule has 0 saturated heterocycles. The number of hydrogen-bond acceptors (Lipinski definition) is 9. The number of sulfonamides is 1. The van der Waals surface area contributed by atoms with Crippen LogP contribution in [-0.2, 0) is 10.0 Å². The van der Waals surface area contributed by atoms with E-state index in [1.807, 2.05) is 12.1 Å². The highest BCUT2D eigenvalue weighted by Gasteiger charge is 2.14. The average Bonchev–Trinajstić information content (AvgIpc) is 2.78. The monoisotopic (exact) mass is 491 g/mol. The van der Waals surface area contributed by atoms with E-state index in [0.29, 0.717) is 28.8 Å². The molecule has 0 radical (unpaired) electrons. The summed E-state index contributed by atoms with van der Waals surface area (Å²) in [4.78, 5) is 15.3. The van der Waals surface area contributed by atoms with Gasteiger partial charge in [0.05, 0.1) is 30.9 Å². The summed E-state index contributed by atoms with van der Waals surface area (Å²) in [5, 5.41) is 6.41. The predicted octanol–water partition coefficient (Wildman–Crippen LogP) is 4.24. The fourth-order valence-corrected chi connectivity index (χ4v) is 3.76. The molecule has 0 aliphatic carbocycles. The summed E-state index contributed by atoms with van der Waals surface area (Å²) in [5.41, 5.74) is 1.43. The molecule has 10 nitrogen and oxygen atoms in total. The molecule has 2 aromatic heterocycles. The van der Waals surface area contributed by atoms with Gasteiger partial charge in [-0.2, -0.15) is 9.97 Å². The number of nitrogens with one attached hydrogen (secondary N) is 3. The lowest BCUT2D eigenvalue weighted by atomic mass is 10.2. The smallest absolute Gasteiger partial charge is 0.239 e. The minimum Gasteiger partial charge on any atom is -0.479 e. The highest BCUT2D eigenvalue weighted by Crippen LogP contribution is 2.31. The lowest BCUT2D eigenvalue weighted by Crippen LogP contribution is -2.23. The van der Waals surface area contributed by atoms with Crippen molar-refractivity contribution in [2.75, 3.05) is 46.7 Å². The molecule has 1 aromatic carbocycles. The summed E-state index contributed by atoms with van der Waals surface area (Å²) in [7, 11) is -1.92. The molecule has 0 bridgehead atoms. The van der Waals surface area contributed by atoms with Crippen LogP contribution in [0.3, 0.4) is 0 Å². The maximum Gasteiger partial charge on any atom is 0.239 e. The van der Waals surface area contributed by atoms with Gasteiger partial charge in [-0.15, -0.1) is 0 Å². The molecule has 3 rings (SSSR count). The van der Waals surface area contributed by atoms with Crippen LogP contribution in [-0.4, -0.2) is 49.8 Å². The Labute approximate surface area is 198 Å². The molecule has 0 amide bonds. The summed E-state index contributed by atoms with van der Waals surface area (Å²) in [6.45, 7) is 5.77. The van der Waals surface area contributed by atoms with E-state index in [4.69, 9.17) is 16.3 Å². The van der Waals surface area contributed by atoms with Gasteiger partial charge in [-0.25, -0.2) is 13.4 Å². The van der Waals surface area contributed by atoms with E-state index >= 15 is 0 Å². The van der Waals surface area contributed by atoms with Crippen LogP contribution in [0.4, 0.5) is 34.6 Å². The van der Waals surface area contributed by atoms with Crippen molar-refractivity contribution in [2.45, 2.75) is 13.8 Å². The normalized spacial score (nSPS) is 11.1. The minimum atomic E-state index is -3.46. The van der Waals surface area contributed by atoms with E-state index in [1.165, 1.54) is 6.20 Å². The number of halogens is 1. The van der Waals surface area contributed by atoms with Gasteiger partial charge in [0.25, 0.3) is 0 Å². The first-order valence-electron chi connectivity index (χ1n) is 10.2. The summed E-state index contributed by atoms with van der Waals surface area (Å²) in [5.74, 6) is 1.75. The molecule has 0 spiro atoms. The zero-order valence-electron chi connectivity index (χ0n) is 18.8. The van der Waals surface area contributed by atoms with E-state index in [2.05, 4.69) is 49.1 Å². The maximum atomic E-state index is 11.7. The molecule has 3 aromatic rings. The number of ether oxygens (including phenoxy) is 1. The molecule has 0 aliphatic rings. The van der Waals surface area contributed by atoms with Crippen molar-refractivity contribution in [1.29, 1.82) is 0 Å². The van der Waals surface area contributed by atoms with Crippen molar-refractivity contribution >= 4 is 56.3 Å². The van der Waals surface area contributed by atoms with Crippen LogP contribution in [0.1, 0.15) is 13.8 Å². The predicted molar refractivity (Wildman–Crippen MR) is 133 cm³/mol. The fraction of sp³-hybridized carbons (Fsp3) is 0.286. The second-order valence-electron chi connectivity index (χ2n) is 6.96. The van der Waals surface area contributed by atoms with Gasteiger partial charge in [-0.05, 0) is 38.1 Å². The van der Waals surface area contributed by atoms with Crippen LogP contribution in [0.2, 0.25) is 5.02 Å². The van der Waals surface area contributed by atoms with Crippen LogP contribution in [0.5, 0.6) is 5.88 Å². The third kappa shape index (κ3) is 6.36. The van der Waals surface area contributed by atoms with Crippen LogP contribution in [0, 0.1) is 0 Å². The quantitative estimate of drug-likeness (QED) is 0.382. The van der Waals surface area contributed by atoms with Crippen molar-refractivity contribution in [3.63, 3.8) is 0 Å². The van der Waals surface area contributed by atoms with Crippen molar-refractivity contribution in [2.24, 2.45) is 0 Å². The fourth-order valence-electron chi connectivity index (χ4n) is 3.05. The first-order valence-corrected chi connectivity index (χ1v) is 12.4. The Hall–Kier alpha value is -3.31. The zero-order chi connectivity index (χ0) is 24.0. The van der Waals surface area contributed by atoms with E-state index < -0.39 is 10.0 Å². The number of para-hydroxylation sites is 2. The first kappa shape index (κ1) is 24.3. The number of nitrogens with zero attached hydrogens (tertiary/aromatic N) is 4. The van der Waals surface area contributed by atoms with Crippen LogP contribution in [0.15, 0.2) is 42.6 Å². The molecule has 0 unspecified atom stereocenters. The Kier molecular flexibility index (Phi) is 7.77. The summed E-state index contributed by atoms with van der Waals surface area (Å²) < 4.78 is 31.3. The third-order valence-corrected chi connectivity index (χ3v) is 5.46. The lowest BCUT2D eigenvalue weighted by Gasteiger charge is -2.21. The van der Waals surface area contributed by atoms with Crippen LogP contribution in [0.25, 0.3) is 0 Å². The molecule has 33 heavy (non-hydrogen) atoms. The lowest BCUT2D eigenvalue weighted by molar-refractivity contribution is 0.400. The molecule has 12 heteroatoms. The molecule has 176 valence electrons. The molecule has 0 fully saturated rings. The number of pyridine rings is 1. The Morgan fingerprint density at radius 2 is 1.70 bits per heavy atom. The number of anilines is 6. The van der Waals surface area contributed by atoms with Gasteiger partial charge in [-0.3, -0.25) is 4.72 Å². The topological polar surface area (TPSA) is 121 Å². The Balaban J connectivity index is 1.88. The number of methoxy groups -OCH3 is 1. The largest absolute Gasteiger partial charge is 0.479 e. The molecular formula is C21H26ClN7O3S. The van der Waals surface area contributed by atoms with Crippen LogP contribution < -0.4 is 25.0 Å². The number of benzene rings is 1. The van der Waals surface area contributed by atoms with E-state index in [9.17, 15) is 8.42 Å². The zero-order valence-corrected chi connectivity index (χ0v) is 20.3. The summed E-state index contributed by atoms with van der Waals surface area (Å²) in [6, 6.07) is 10.5. The number of hydrogen-bond donors (Lipinski definition) is 3. The van der Waals surface area contributed by atoms with Gasteiger partial charge >= 0.3 is 0 Å². The van der Waals surface area contributed by atoms with Crippen LogP contribution >= 0.6 is 11.6 Å². The molecule has 2 heterocycles. The van der Waals surface area contributed by atoms with Gasteiger partial charge in [-0.1, -0.05) is 23.7 Å². The van der Waals surface area contributed by atoms with Gasteiger partial charge < -0.3 is 20.3 Å². The van der Waals surface area contributed by atoms with Gasteiger partial charge in [0.15, 0.2) is 5.82 Å². The highest BCUT2D eigenvalue weighted by molar-refractivity contribution is 7.92. The summed E-state index contributed by atoms with van der Waals surface area (Å²) in [6.07, 6.45) is 2.52. The second kappa shape index (κ2) is 10.5. The molecular weight excluding hydrogens is 466 g/mol. The maximum absolute atomic E-state index is 11.7. The number of aromatic nitrogens is 3. The first-order chi connectivity index (χ1) is 15.7. The Morgan fingerprint density at radius 1 is 1.00 bits per heavy atom. The highest BCUT2D eigenvalue weighted by atomic mass is 35.5. The van der Waals surface area contributed by atoms with Crippen molar-refractivity contribution in [3.8, 4) is 5.88 Å². The Morgan fingerprint density at radius 3 is 2.33 bits per heavy atom. The van der Waals surface area contributed by atoms with E-state index in [0.717, 1.165) is 25.2 Å². The molecule has 0 atom stereocenters. The van der Waals surface area contributed by atoms with E-state index in [-0.39, 0.29) is 11.0 Å². The standard InChI is InChI=1S/C21H26ClN7O3S/c1-5-29(6-2)18-12-11-17(20(26-18)32-3)25-21-23-13-14(22)19(27-21)24-15-9-7-8-10-16(15)28-33(4,30)31/h7-13,28H,5-6H2,1-4H3,(H2,23,24,25,27). The Bertz CT molecular complexity index is 1220. The molecule has 0 saturated carbocycles. The van der Waals surface area contributed by atoms with E-state index in [1.54, 1.807) is 31.4 Å². The molecule has 0 aliphatic heterocycles.